The lowest BCUT2D eigenvalue weighted by Crippen LogP contribution is -2.58. The maximum absolute atomic E-state index is 13.0. The molecule has 0 aromatic carbocycles. The van der Waals surface area contributed by atoms with Crippen LogP contribution in [-0.4, -0.2) is 18.1 Å². The Morgan fingerprint density at radius 3 is 1.19 bits per heavy atom. The number of halogens is 12. The van der Waals surface area contributed by atoms with Crippen LogP contribution in [0.1, 0.15) is 0 Å². The Kier molecular flexibility index (Phi) is 5.43. The molecule has 0 amide bonds. The van der Waals surface area contributed by atoms with E-state index in [1.165, 1.54) is 0 Å². The number of ether oxygens (including phenoxy) is 2. The average molecular weight is 344 g/mol. The van der Waals surface area contributed by atoms with Crippen LogP contribution in [0, 0.1) is 0 Å². The Morgan fingerprint density at radius 2 is 0.905 bits per heavy atom. The first kappa shape index (κ1) is 19.2. The lowest BCUT2D eigenvalue weighted by Gasteiger charge is -2.32. The molecule has 0 bridgehead atoms. The second kappa shape index (κ2) is 5.93. The Labute approximate surface area is 106 Å². The van der Waals surface area contributed by atoms with E-state index >= 15 is 0 Å². The predicted molar refractivity (Wildman–Crippen MR) is 37.7 cm³/mol. The van der Waals surface area contributed by atoms with Crippen molar-refractivity contribution in [2.75, 3.05) is 0 Å². The molecule has 0 aliphatic carbocycles. The zero-order valence-electron chi connectivity index (χ0n) is 8.85. The minimum Gasteiger partial charge on any atom is -0.413 e. The Morgan fingerprint density at radius 1 is 0.571 bits per heavy atom. The van der Waals surface area contributed by atoms with Crippen LogP contribution in [0.4, 0.5) is 52.7 Å². The highest BCUT2D eigenvalue weighted by molar-refractivity contribution is 4.95. The molecule has 0 aliphatic heterocycles. The van der Waals surface area contributed by atoms with E-state index in [4.69, 9.17) is 0 Å². The minimum absolute atomic E-state index is 2.05. The highest BCUT2D eigenvalue weighted by Gasteiger charge is 2.78. The van der Waals surface area contributed by atoms with Gasteiger partial charge in [0, 0.05) is 0 Å². The van der Waals surface area contributed by atoms with Crippen molar-refractivity contribution in [3.63, 3.8) is 0 Å². The third kappa shape index (κ3) is 4.10. The molecule has 0 saturated heterocycles. The van der Waals surface area contributed by atoms with Gasteiger partial charge in [-0.1, -0.05) is 0 Å². The molecule has 1 unspecified atom stereocenters. The maximum atomic E-state index is 13.0. The Hall–Kier alpha value is -1.76. The molecule has 0 heterocycles. The van der Waals surface area contributed by atoms with Crippen LogP contribution in [0.3, 0.4) is 0 Å². The molecular weight excluding hydrogens is 344 g/mol. The Balaban J connectivity index is 5.83. The molecule has 1 atom stereocenters. The third-order valence-corrected chi connectivity index (χ3v) is 1.48. The lowest BCUT2D eigenvalue weighted by atomic mass is 10.2. The van der Waals surface area contributed by atoms with Gasteiger partial charge in [-0.25, -0.2) is 0 Å². The van der Waals surface area contributed by atoms with Crippen molar-refractivity contribution in [1.29, 1.82) is 0 Å². The van der Waals surface area contributed by atoms with Crippen LogP contribution < -0.4 is 0 Å². The van der Waals surface area contributed by atoms with E-state index in [0.29, 0.717) is 0 Å². The molecule has 0 spiro atoms. The van der Waals surface area contributed by atoms with Gasteiger partial charge in [-0.05, 0) is 0 Å². The van der Waals surface area contributed by atoms with Crippen molar-refractivity contribution in [2.24, 2.45) is 0 Å². The fourth-order valence-electron chi connectivity index (χ4n) is 0.661. The molecule has 14 heteroatoms. The SMILES string of the molecule is FC(F)=C(F)OC(F)(F)C(F)(OC(F)=C(F)F)C(F)(F)F. The van der Waals surface area contributed by atoms with Crippen LogP contribution in [0.25, 0.3) is 0 Å². The summed E-state index contributed by atoms with van der Waals surface area (Å²) in [4.78, 5) is 0. The molecule has 0 aromatic heterocycles. The van der Waals surface area contributed by atoms with Crippen molar-refractivity contribution < 1.29 is 62.2 Å². The monoisotopic (exact) mass is 344 g/mol. The highest BCUT2D eigenvalue weighted by Crippen LogP contribution is 2.49. The van der Waals surface area contributed by atoms with Crippen LogP contribution >= 0.6 is 0 Å². The van der Waals surface area contributed by atoms with E-state index in [1.807, 2.05) is 4.74 Å². The minimum atomic E-state index is -6.98. The predicted octanol–water partition coefficient (Wildman–Crippen LogP) is 4.91. The molecule has 0 saturated carbocycles. The summed E-state index contributed by atoms with van der Waals surface area (Å²) in [5.74, 6) is -6.72. The standard InChI is InChI=1S/C7F12O2/c8-1(9)3(12)20-5(14,6(15,16)17)7(18,19)21-4(13)2(10)11. The van der Waals surface area contributed by atoms with Crippen LogP contribution in [0.2, 0.25) is 0 Å². The van der Waals surface area contributed by atoms with E-state index in [0.717, 1.165) is 0 Å². The summed E-state index contributed by atoms with van der Waals surface area (Å²) in [6, 6.07) is -7.41. The van der Waals surface area contributed by atoms with Gasteiger partial charge in [0.15, 0.2) is 0 Å². The molecule has 21 heavy (non-hydrogen) atoms. The highest BCUT2D eigenvalue weighted by atomic mass is 19.4. The molecule has 2 nitrogen and oxygen atoms in total. The van der Waals surface area contributed by atoms with E-state index in [-0.39, 0.29) is 0 Å². The maximum Gasteiger partial charge on any atom is 0.483 e. The fourth-order valence-corrected chi connectivity index (χ4v) is 0.661. The van der Waals surface area contributed by atoms with Gasteiger partial charge in [-0.3, -0.25) is 0 Å². The molecule has 0 fully saturated rings. The smallest absolute Gasteiger partial charge is 0.413 e. The second-order valence-corrected chi connectivity index (χ2v) is 2.88. The van der Waals surface area contributed by atoms with Crippen molar-refractivity contribution in [3.8, 4) is 0 Å². The Bertz CT molecular complexity index is 443. The van der Waals surface area contributed by atoms with Gasteiger partial charge in [-0.2, -0.15) is 52.7 Å². The average Bonchev–Trinajstić information content (AvgIpc) is 2.25. The third-order valence-electron chi connectivity index (χ3n) is 1.48. The lowest BCUT2D eigenvalue weighted by molar-refractivity contribution is -0.450. The normalized spacial score (nSPS) is 15.0. The molecule has 124 valence electrons. The molecule has 0 N–H and O–H groups in total. The van der Waals surface area contributed by atoms with Crippen molar-refractivity contribution in [1.82, 2.24) is 0 Å². The summed E-state index contributed by atoms with van der Waals surface area (Å²) in [5.41, 5.74) is 0. The van der Waals surface area contributed by atoms with E-state index < -0.39 is 42.3 Å². The van der Waals surface area contributed by atoms with E-state index in [9.17, 15) is 52.7 Å². The van der Waals surface area contributed by atoms with Crippen LogP contribution in [-0.2, 0) is 9.47 Å². The van der Waals surface area contributed by atoms with Gasteiger partial charge < -0.3 is 9.47 Å². The summed E-state index contributed by atoms with van der Waals surface area (Å²) in [5, 5.41) is 0. The van der Waals surface area contributed by atoms with Crippen molar-refractivity contribution in [2.45, 2.75) is 18.1 Å². The molecule has 0 aromatic rings. The molecule has 0 rings (SSSR count). The first-order valence-electron chi connectivity index (χ1n) is 4.08. The summed E-state index contributed by atoms with van der Waals surface area (Å²) >= 11 is 0. The number of hydrogen-bond donors (Lipinski definition) is 0. The molecule has 0 aliphatic rings. The summed E-state index contributed by atoms with van der Waals surface area (Å²) < 4.78 is 149. The number of alkyl halides is 6. The zero-order valence-corrected chi connectivity index (χ0v) is 8.85. The van der Waals surface area contributed by atoms with Gasteiger partial charge in [-0.15, -0.1) is 0 Å². The summed E-state index contributed by atoms with van der Waals surface area (Å²) in [6.45, 7) is 0. The van der Waals surface area contributed by atoms with E-state index in [1.54, 1.807) is 0 Å². The topological polar surface area (TPSA) is 18.5 Å². The van der Waals surface area contributed by atoms with Crippen LogP contribution in [0.15, 0.2) is 24.2 Å². The van der Waals surface area contributed by atoms with Crippen LogP contribution in [0.5, 0.6) is 0 Å². The number of rotatable bonds is 5. The quantitative estimate of drug-likeness (QED) is 0.521. The van der Waals surface area contributed by atoms with E-state index in [2.05, 4.69) is 4.74 Å². The molecular formula is C7F12O2. The van der Waals surface area contributed by atoms with Gasteiger partial charge in [0.1, 0.15) is 0 Å². The second-order valence-electron chi connectivity index (χ2n) is 2.88. The zero-order chi connectivity index (χ0) is 17.2. The summed E-state index contributed by atoms with van der Waals surface area (Å²) in [6.07, 6.45) is -21.2. The van der Waals surface area contributed by atoms with Gasteiger partial charge in [0.05, 0.1) is 0 Å². The van der Waals surface area contributed by atoms with Crippen molar-refractivity contribution in [3.05, 3.63) is 24.2 Å². The number of hydrogen-bond acceptors (Lipinski definition) is 2. The van der Waals surface area contributed by atoms with Gasteiger partial charge >= 0.3 is 42.3 Å². The first-order chi connectivity index (χ1) is 9.15. The first-order valence-corrected chi connectivity index (χ1v) is 4.08. The van der Waals surface area contributed by atoms with Gasteiger partial charge in [0.2, 0.25) is 0 Å². The fraction of sp³-hybridized carbons (Fsp3) is 0.429. The summed E-state index contributed by atoms with van der Waals surface area (Å²) in [7, 11) is 0. The molecule has 0 radical (unpaired) electrons. The van der Waals surface area contributed by atoms with Gasteiger partial charge in [0.25, 0.3) is 0 Å². The largest absolute Gasteiger partial charge is 0.483 e. The van der Waals surface area contributed by atoms with Crippen molar-refractivity contribution >= 4 is 0 Å².